The second-order valence-electron chi connectivity index (χ2n) is 5.94. The van der Waals surface area contributed by atoms with Crippen molar-refractivity contribution in [1.82, 2.24) is 15.0 Å². The van der Waals surface area contributed by atoms with Crippen molar-refractivity contribution >= 4 is 28.5 Å². The molecule has 2 aromatic heterocycles. The van der Waals surface area contributed by atoms with Crippen LogP contribution in [-0.4, -0.2) is 54.2 Å². The fourth-order valence-corrected chi connectivity index (χ4v) is 3.24. The zero-order chi connectivity index (χ0) is 17.2. The molecule has 7 heteroatoms. The number of rotatable bonds is 3. The Morgan fingerprint density at radius 1 is 1.08 bits per heavy atom. The number of ether oxygens (including phenoxy) is 1. The monoisotopic (exact) mass is 337 g/mol. The van der Waals surface area contributed by atoms with Crippen LogP contribution >= 0.6 is 0 Å². The topological polar surface area (TPSA) is 74.3 Å². The third-order valence-corrected chi connectivity index (χ3v) is 4.54. The largest absolute Gasteiger partial charge is 0.465 e. The number of nitrogens with one attached hydrogen (secondary N) is 1. The van der Waals surface area contributed by atoms with E-state index in [0.29, 0.717) is 5.56 Å². The van der Waals surface area contributed by atoms with Crippen molar-refractivity contribution in [3.63, 3.8) is 0 Å². The van der Waals surface area contributed by atoms with E-state index >= 15 is 0 Å². The Labute approximate surface area is 145 Å². The number of H-pyrrole nitrogens is 1. The van der Waals surface area contributed by atoms with Gasteiger partial charge in [-0.2, -0.15) is 0 Å². The van der Waals surface area contributed by atoms with E-state index in [-0.39, 0.29) is 5.97 Å². The van der Waals surface area contributed by atoms with E-state index in [2.05, 4.69) is 24.8 Å². The molecule has 1 aliphatic heterocycles. The number of esters is 1. The normalized spacial score (nSPS) is 14.8. The molecule has 1 N–H and O–H groups in total. The highest BCUT2D eigenvalue weighted by Crippen LogP contribution is 2.28. The van der Waals surface area contributed by atoms with E-state index in [9.17, 15) is 4.79 Å². The number of fused-ring (bicyclic) bond motifs is 1. The number of nitrogens with zero attached hydrogens (tertiary/aromatic N) is 4. The molecule has 1 aromatic carbocycles. The molecule has 0 saturated carbocycles. The molecule has 0 radical (unpaired) electrons. The van der Waals surface area contributed by atoms with Crippen molar-refractivity contribution < 1.29 is 9.53 Å². The zero-order valence-electron chi connectivity index (χ0n) is 14.0. The fraction of sp³-hybridized carbons (Fsp3) is 0.278. The van der Waals surface area contributed by atoms with Crippen LogP contribution in [0.4, 0.5) is 11.6 Å². The Morgan fingerprint density at radius 2 is 1.88 bits per heavy atom. The number of hydrogen-bond acceptors (Lipinski definition) is 6. The smallest absolute Gasteiger partial charge is 0.337 e. The van der Waals surface area contributed by atoms with E-state index < -0.39 is 0 Å². The number of pyridine rings is 1. The Bertz CT molecular complexity index is 886. The van der Waals surface area contributed by atoms with Gasteiger partial charge in [-0.05, 0) is 24.3 Å². The number of methoxy groups -OCH3 is 1. The van der Waals surface area contributed by atoms with Crippen LogP contribution in [0.3, 0.4) is 0 Å². The van der Waals surface area contributed by atoms with Crippen molar-refractivity contribution in [2.24, 2.45) is 0 Å². The van der Waals surface area contributed by atoms with Gasteiger partial charge in [0.25, 0.3) is 0 Å². The predicted molar refractivity (Wildman–Crippen MR) is 96.1 cm³/mol. The number of benzene rings is 1. The summed E-state index contributed by atoms with van der Waals surface area (Å²) in [7, 11) is 1.39. The Kier molecular flexibility index (Phi) is 3.97. The Hall–Kier alpha value is -3.09. The first-order valence-electron chi connectivity index (χ1n) is 8.22. The van der Waals surface area contributed by atoms with Gasteiger partial charge in [-0.25, -0.2) is 9.78 Å². The van der Waals surface area contributed by atoms with Crippen molar-refractivity contribution in [3.05, 3.63) is 48.4 Å². The number of aromatic nitrogens is 3. The third-order valence-electron chi connectivity index (χ3n) is 4.54. The second kappa shape index (κ2) is 6.43. The molecule has 1 saturated heterocycles. The summed E-state index contributed by atoms with van der Waals surface area (Å²) in [5, 5.41) is 0.969. The number of piperazine rings is 1. The lowest BCUT2D eigenvalue weighted by atomic mass is 10.1. The molecule has 1 aliphatic rings. The van der Waals surface area contributed by atoms with Crippen molar-refractivity contribution in [3.8, 4) is 0 Å². The van der Waals surface area contributed by atoms with Gasteiger partial charge in [0, 0.05) is 55.8 Å². The van der Waals surface area contributed by atoms with Crippen molar-refractivity contribution in [2.45, 2.75) is 0 Å². The van der Waals surface area contributed by atoms with E-state index in [4.69, 9.17) is 4.74 Å². The molecule has 1 fully saturated rings. The summed E-state index contributed by atoms with van der Waals surface area (Å²) in [5.41, 5.74) is 2.51. The molecule has 3 aromatic rings. The molecule has 0 amide bonds. The van der Waals surface area contributed by atoms with Crippen LogP contribution in [0.15, 0.2) is 42.9 Å². The van der Waals surface area contributed by atoms with E-state index in [1.54, 1.807) is 12.3 Å². The summed E-state index contributed by atoms with van der Waals surface area (Å²) < 4.78 is 4.84. The van der Waals surface area contributed by atoms with Crippen molar-refractivity contribution in [1.29, 1.82) is 0 Å². The molecular weight excluding hydrogens is 318 g/mol. The Morgan fingerprint density at radius 3 is 2.60 bits per heavy atom. The first kappa shape index (κ1) is 15.4. The SMILES string of the molecule is COC(=O)c1ccc2nccc(N3CCN(c4ncc[nH]4)CC3)c2c1. The number of carbonyl (C=O) groups excluding carboxylic acids is 1. The summed E-state index contributed by atoms with van der Waals surface area (Å²) in [6.07, 6.45) is 5.42. The van der Waals surface area contributed by atoms with E-state index in [1.165, 1.54) is 7.11 Å². The quantitative estimate of drug-likeness (QED) is 0.738. The van der Waals surface area contributed by atoms with Crippen molar-refractivity contribution in [2.75, 3.05) is 43.1 Å². The summed E-state index contributed by atoms with van der Waals surface area (Å²) >= 11 is 0. The summed E-state index contributed by atoms with van der Waals surface area (Å²) in [4.78, 5) is 28.3. The minimum absolute atomic E-state index is 0.334. The van der Waals surface area contributed by atoms with Gasteiger partial charge in [0.15, 0.2) is 0 Å². The van der Waals surface area contributed by atoms with Gasteiger partial charge in [-0.3, -0.25) is 4.98 Å². The average Bonchev–Trinajstić information content (AvgIpc) is 3.21. The van der Waals surface area contributed by atoms with Crippen LogP contribution in [0.5, 0.6) is 0 Å². The number of anilines is 2. The minimum atomic E-state index is -0.334. The molecule has 0 bridgehead atoms. The third kappa shape index (κ3) is 2.88. The van der Waals surface area contributed by atoms with Gasteiger partial charge < -0.3 is 19.5 Å². The predicted octanol–water partition coefficient (Wildman–Crippen LogP) is 2.07. The molecule has 4 rings (SSSR count). The van der Waals surface area contributed by atoms with Crippen LogP contribution in [0.1, 0.15) is 10.4 Å². The molecule has 0 aliphatic carbocycles. The first-order valence-corrected chi connectivity index (χ1v) is 8.22. The lowest BCUT2D eigenvalue weighted by Crippen LogP contribution is -2.47. The first-order chi connectivity index (χ1) is 12.3. The van der Waals surface area contributed by atoms with E-state index in [1.807, 2.05) is 30.6 Å². The zero-order valence-corrected chi connectivity index (χ0v) is 14.0. The maximum Gasteiger partial charge on any atom is 0.337 e. The van der Waals surface area contributed by atoms with Gasteiger partial charge in [-0.1, -0.05) is 0 Å². The summed E-state index contributed by atoms with van der Waals surface area (Å²) in [6, 6.07) is 7.48. The van der Waals surface area contributed by atoms with Crippen LogP contribution in [0.2, 0.25) is 0 Å². The molecule has 3 heterocycles. The molecule has 128 valence electrons. The number of carbonyl (C=O) groups is 1. The highest BCUT2D eigenvalue weighted by atomic mass is 16.5. The molecule has 0 spiro atoms. The average molecular weight is 337 g/mol. The van der Waals surface area contributed by atoms with Gasteiger partial charge in [0.2, 0.25) is 5.95 Å². The van der Waals surface area contributed by atoms with Crippen LogP contribution in [0.25, 0.3) is 10.9 Å². The Balaban J connectivity index is 1.62. The molecule has 0 atom stereocenters. The summed E-state index contributed by atoms with van der Waals surface area (Å²) in [5.74, 6) is 0.576. The van der Waals surface area contributed by atoms with Crippen LogP contribution in [0, 0.1) is 0 Å². The van der Waals surface area contributed by atoms with Gasteiger partial charge >= 0.3 is 5.97 Å². The highest BCUT2D eigenvalue weighted by molar-refractivity contribution is 5.99. The maximum absolute atomic E-state index is 11.8. The number of hydrogen-bond donors (Lipinski definition) is 1. The molecular formula is C18H19N5O2. The summed E-state index contributed by atoms with van der Waals surface area (Å²) in [6.45, 7) is 3.52. The second-order valence-corrected chi connectivity index (χ2v) is 5.94. The van der Waals surface area contributed by atoms with Gasteiger partial charge in [0.05, 0.1) is 18.2 Å². The van der Waals surface area contributed by atoms with E-state index in [0.717, 1.165) is 48.7 Å². The standard InChI is InChI=1S/C18H19N5O2/c1-25-17(24)13-2-3-15-14(12-13)16(4-5-19-15)22-8-10-23(11-9-22)18-20-6-7-21-18/h2-7,12H,8-11H2,1H3,(H,20,21). The molecule has 25 heavy (non-hydrogen) atoms. The fourth-order valence-electron chi connectivity index (χ4n) is 3.24. The van der Waals surface area contributed by atoms with Gasteiger partial charge in [-0.15, -0.1) is 0 Å². The van der Waals surface area contributed by atoms with Crippen LogP contribution in [-0.2, 0) is 4.74 Å². The lowest BCUT2D eigenvalue weighted by Gasteiger charge is -2.36. The van der Waals surface area contributed by atoms with Gasteiger partial charge in [0.1, 0.15) is 0 Å². The number of aromatic amines is 1. The maximum atomic E-state index is 11.8. The molecule has 0 unspecified atom stereocenters. The minimum Gasteiger partial charge on any atom is -0.465 e. The number of imidazole rings is 1. The van der Waals surface area contributed by atoms with Crippen LogP contribution < -0.4 is 9.80 Å². The lowest BCUT2D eigenvalue weighted by molar-refractivity contribution is 0.0601. The highest BCUT2D eigenvalue weighted by Gasteiger charge is 2.20. The molecule has 7 nitrogen and oxygen atoms in total.